The first-order valence-corrected chi connectivity index (χ1v) is 4.25. The van der Waals surface area contributed by atoms with Crippen molar-refractivity contribution in [2.24, 2.45) is 0 Å². The second-order valence-corrected chi connectivity index (χ2v) is 2.99. The van der Waals surface area contributed by atoms with Gasteiger partial charge in [0, 0.05) is 7.11 Å². The van der Waals surface area contributed by atoms with Gasteiger partial charge in [0.05, 0.1) is 10.7 Å². The molecule has 1 aromatic carbocycles. The number of amides is 1. The minimum atomic E-state index is -0.568. The predicted molar refractivity (Wildman–Crippen MR) is 51.9 cm³/mol. The summed E-state index contributed by atoms with van der Waals surface area (Å²) in [4.78, 5) is 11.1. The number of halogens is 2. The Balaban J connectivity index is 2.80. The van der Waals surface area contributed by atoms with E-state index < -0.39 is 11.7 Å². The maximum Gasteiger partial charge on any atom is 0.250 e. The van der Waals surface area contributed by atoms with Crippen LogP contribution in [0.15, 0.2) is 18.2 Å². The zero-order chi connectivity index (χ0) is 10.6. The average molecular weight is 218 g/mol. The van der Waals surface area contributed by atoms with Crippen LogP contribution in [0.25, 0.3) is 0 Å². The Morgan fingerprint density at radius 1 is 1.64 bits per heavy atom. The summed E-state index contributed by atoms with van der Waals surface area (Å²) in [5.41, 5.74) is -0.0174. The van der Waals surface area contributed by atoms with Crippen LogP contribution in [-0.2, 0) is 9.53 Å². The fourth-order valence-electron chi connectivity index (χ4n) is 0.924. The molecular weight excluding hydrogens is 209 g/mol. The van der Waals surface area contributed by atoms with Crippen LogP contribution in [0.1, 0.15) is 0 Å². The quantitative estimate of drug-likeness (QED) is 0.842. The van der Waals surface area contributed by atoms with Gasteiger partial charge in [0.2, 0.25) is 5.91 Å². The number of hydrogen-bond donors (Lipinski definition) is 1. The van der Waals surface area contributed by atoms with Crippen LogP contribution < -0.4 is 5.32 Å². The summed E-state index contributed by atoms with van der Waals surface area (Å²) >= 11 is 5.68. The Morgan fingerprint density at radius 2 is 2.36 bits per heavy atom. The molecule has 0 spiro atoms. The van der Waals surface area contributed by atoms with Crippen molar-refractivity contribution in [2.45, 2.75) is 0 Å². The lowest BCUT2D eigenvalue weighted by atomic mass is 10.3. The molecular formula is C9H9ClFNO2. The molecule has 3 nitrogen and oxygen atoms in total. The molecule has 0 bridgehead atoms. The minimum absolute atomic E-state index is 0.0174. The highest BCUT2D eigenvalue weighted by molar-refractivity contribution is 6.33. The molecule has 0 atom stereocenters. The summed E-state index contributed by atoms with van der Waals surface area (Å²) in [5.74, 6) is -1.01. The van der Waals surface area contributed by atoms with Gasteiger partial charge in [0.15, 0.2) is 0 Å². The molecule has 0 saturated heterocycles. The third-order valence-electron chi connectivity index (χ3n) is 1.50. The van der Waals surface area contributed by atoms with Gasteiger partial charge in [-0.25, -0.2) is 4.39 Å². The van der Waals surface area contributed by atoms with Crippen molar-refractivity contribution in [3.63, 3.8) is 0 Å². The molecule has 0 saturated carbocycles. The van der Waals surface area contributed by atoms with Crippen molar-refractivity contribution >= 4 is 23.2 Å². The standard InChI is InChI=1S/C9H9ClFNO2/c1-14-5-8(13)12-9-6(10)3-2-4-7(9)11/h2-4H,5H2,1H3,(H,12,13). The Kier molecular flexibility index (Phi) is 3.85. The van der Waals surface area contributed by atoms with Gasteiger partial charge in [0.1, 0.15) is 12.4 Å². The van der Waals surface area contributed by atoms with Crippen LogP contribution in [0, 0.1) is 5.82 Å². The SMILES string of the molecule is COCC(=O)Nc1c(F)cccc1Cl. The molecule has 76 valence electrons. The van der Waals surface area contributed by atoms with Crippen molar-refractivity contribution in [2.75, 3.05) is 19.0 Å². The lowest BCUT2D eigenvalue weighted by molar-refractivity contribution is -0.119. The maximum absolute atomic E-state index is 13.1. The highest BCUT2D eigenvalue weighted by atomic mass is 35.5. The van der Waals surface area contributed by atoms with E-state index in [1.807, 2.05) is 0 Å². The number of ether oxygens (including phenoxy) is 1. The summed E-state index contributed by atoms with van der Waals surface area (Å²) in [5, 5.41) is 2.47. The first-order chi connectivity index (χ1) is 6.65. The minimum Gasteiger partial charge on any atom is -0.375 e. The second kappa shape index (κ2) is 4.93. The molecule has 0 aliphatic heterocycles. The van der Waals surface area contributed by atoms with Gasteiger partial charge >= 0.3 is 0 Å². The van der Waals surface area contributed by atoms with E-state index in [-0.39, 0.29) is 17.3 Å². The lowest BCUT2D eigenvalue weighted by Crippen LogP contribution is -2.18. The van der Waals surface area contributed by atoms with E-state index in [1.165, 1.54) is 25.3 Å². The molecule has 0 aliphatic carbocycles. The summed E-state index contributed by atoms with van der Waals surface area (Å²) in [6.07, 6.45) is 0. The lowest BCUT2D eigenvalue weighted by Gasteiger charge is -2.07. The van der Waals surface area contributed by atoms with Crippen molar-refractivity contribution in [3.8, 4) is 0 Å². The zero-order valence-electron chi connectivity index (χ0n) is 7.51. The number of carbonyl (C=O) groups is 1. The molecule has 1 N–H and O–H groups in total. The molecule has 1 amide bonds. The van der Waals surface area contributed by atoms with Gasteiger partial charge in [-0.1, -0.05) is 17.7 Å². The third kappa shape index (κ3) is 2.68. The first-order valence-electron chi connectivity index (χ1n) is 3.88. The van der Waals surface area contributed by atoms with Crippen LogP contribution in [0.4, 0.5) is 10.1 Å². The molecule has 14 heavy (non-hydrogen) atoms. The number of benzene rings is 1. The molecule has 0 aliphatic rings. The van der Waals surface area contributed by atoms with Crippen LogP contribution >= 0.6 is 11.6 Å². The van der Waals surface area contributed by atoms with Gasteiger partial charge < -0.3 is 10.1 Å². The number of hydrogen-bond acceptors (Lipinski definition) is 2. The normalized spacial score (nSPS) is 9.93. The van der Waals surface area contributed by atoms with E-state index in [2.05, 4.69) is 10.1 Å². The Hall–Kier alpha value is -1.13. The molecule has 0 unspecified atom stereocenters. The second-order valence-electron chi connectivity index (χ2n) is 2.58. The van der Waals surface area contributed by atoms with E-state index in [9.17, 15) is 9.18 Å². The highest BCUT2D eigenvalue weighted by Gasteiger charge is 2.09. The number of methoxy groups -OCH3 is 1. The third-order valence-corrected chi connectivity index (χ3v) is 1.82. The van der Waals surface area contributed by atoms with Crippen molar-refractivity contribution < 1.29 is 13.9 Å². The van der Waals surface area contributed by atoms with Crippen LogP contribution in [-0.4, -0.2) is 19.6 Å². The first kappa shape index (κ1) is 10.9. The monoisotopic (exact) mass is 217 g/mol. The smallest absolute Gasteiger partial charge is 0.250 e. The topological polar surface area (TPSA) is 38.3 Å². The molecule has 0 fully saturated rings. The number of rotatable bonds is 3. The van der Waals surface area contributed by atoms with Gasteiger partial charge in [-0.05, 0) is 12.1 Å². The number of nitrogens with one attached hydrogen (secondary N) is 1. The Bertz CT molecular complexity index is 323. The molecule has 0 aromatic heterocycles. The fourth-order valence-corrected chi connectivity index (χ4v) is 1.13. The fraction of sp³-hybridized carbons (Fsp3) is 0.222. The van der Waals surface area contributed by atoms with Gasteiger partial charge in [-0.3, -0.25) is 4.79 Å². The van der Waals surface area contributed by atoms with Crippen LogP contribution in [0.3, 0.4) is 0 Å². The van der Waals surface area contributed by atoms with Crippen molar-refractivity contribution in [1.29, 1.82) is 0 Å². The number of para-hydroxylation sites is 1. The molecule has 0 heterocycles. The molecule has 0 radical (unpaired) electrons. The summed E-state index contributed by atoms with van der Waals surface area (Å²) in [6.45, 7) is -0.134. The summed E-state index contributed by atoms with van der Waals surface area (Å²) < 4.78 is 17.7. The largest absolute Gasteiger partial charge is 0.375 e. The van der Waals surface area contributed by atoms with Gasteiger partial charge in [-0.15, -0.1) is 0 Å². The predicted octanol–water partition coefficient (Wildman–Crippen LogP) is 2.06. The van der Waals surface area contributed by atoms with Crippen LogP contribution in [0.2, 0.25) is 5.02 Å². The Labute approximate surface area is 85.8 Å². The maximum atomic E-state index is 13.1. The van der Waals surface area contributed by atoms with E-state index in [0.29, 0.717) is 0 Å². The summed E-state index contributed by atoms with van der Waals surface area (Å²) in [7, 11) is 1.38. The summed E-state index contributed by atoms with van der Waals surface area (Å²) in [6, 6.07) is 4.17. The van der Waals surface area contributed by atoms with Crippen molar-refractivity contribution in [1.82, 2.24) is 0 Å². The van der Waals surface area contributed by atoms with Gasteiger partial charge in [-0.2, -0.15) is 0 Å². The van der Waals surface area contributed by atoms with Gasteiger partial charge in [0.25, 0.3) is 0 Å². The molecule has 1 aromatic rings. The zero-order valence-corrected chi connectivity index (χ0v) is 8.27. The van der Waals surface area contributed by atoms with E-state index >= 15 is 0 Å². The number of carbonyl (C=O) groups excluding carboxylic acids is 1. The van der Waals surface area contributed by atoms with E-state index in [1.54, 1.807) is 0 Å². The molecule has 5 heteroatoms. The van der Waals surface area contributed by atoms with Crippen molar-refractivity contribution in [3.05, 3.63) is 29.0 Å². The number of anilines is 1. The highest BCUT2D eigenvalue weighted by Crippen LogP contribution is 2.24. The Morgan fingerprint density at radius 3 is 2.93 bits per heavy atom. The van der Waals surface area contributed by atoms with Crippen LogP contribution in [0.5, 0.6) is 0 Å². The van der Waals surface area contributed by atoms with E-state index in [0.717, 1.165) is 0 Å². The van der Waals surface area contributed by atoms with E-state index in [4.69, 9.17) is 11.6 Å². The molecule has 1 rings (SSSR count). The average Bonchev–Trinajstić information content (AvgIpc) is 2.12.